The molecule has 7 heteroatoms. The fourth-order valence-electron chi connectivity index (χ4n) is 4.07. The summed E-state index contributed by atoms with van der Waals surface area (Å²) in [4.78, 5) is 29.5. The third-order valence-corrected chi connectivity index (χ3v) is 8.03. The van der Waals surface area contributed by atoms with Crippen LogP contribution in [0.25, 0.3) is 54.4 Å². The van der Waals surface area contributed by atoms with Crippen LogP contribution in [-0.2, 0) is 0 Å². The van der Waals surface area contributed by atoms with Gasteiger partial charge < -0.3 is 5.11 Å². The molecule has 0 spiro atoms. The summed E-state index contributed by atoms with van der Waals surface area (Å²) in [6.45, 7) is 2.11. The lowest BCUT2D eigenvalue weighted by Gasteiger charge is -2.08. The number of benzene rings is 1. The molecule has 36 heavy (non-hydrogen) atoms. The highest BCUT2D eigenvalue weighted by Gasteiger charge is 2.15. The average Bonchev–Trinajstić information content (AvgIpc) is 3.57. The van der Waals surface area contributed by atoms with Gasteiger partial charge in [0.25, 0.3) is 0 Å². The number of carbonyl (C=O) groups is 1. The molecular formula is C29H19N3O2S2. The molecule has 0 atom stereocenters. The number of carboxylic acid groups (broad SMARTS) is 1. The lowest BCUT2D eigenvalue weighted by molar-refractivity contribution is 0.0697. The Kier molecular flexibility index (Phi) is 5.64. The number of aryl methyl sites for hydroxylation is 1. The van der Waals surface area contributed by atoms with Crippen molar-refractivity contribution in [3.63, 3.8) is 0 Å². The molecule has 6 rings (SSSR count). The van der Waals surface area contributed by atoms with E-state index in [1.165, 1.54) is 14.6 Å². The Labute approximate surface area is 215 Å². The largest absolute Gasteiger partial charge is 0.478 e. The number of fused-ring (bicyclic) bond motifs is 1. The Hall–Kier alpha value is -4.20. The summed E-state index contributed by atoms with van der Waals surface area (Å²) in [6.07, 6.45) is 3.52. The van der Waals surface area contributed by atoms with Crippen LogP contribution in [0.4, 0.5) is 0 Å². The molecule has 5 heterocycles. The summed E-state index contributed by atoms with van der Waals surface area (Å²) >= 11 is 3.49. The van der Waals surface area contributed by atoms with E-state index in [0.29, 0.717) is 22.8 Å². The molecule has 0 unspecified atom stereocenters. The first-order chi connectivity index (χ1) is 17.5. The molecule has 1 aromatic carbocycles. The second kappa shape index (κ2) is 9.11. The van der Waals surface area contributed by atoms with Gasteiger partial charge in [0, 0.05) is 32.4 Å². The third kappa shape index (κ3) is 4.30. The number of carboxylic acids is 1. The van der Waals surface area contributed by atoms with E-state index in [0.717, 1.165) is 21.9 Å². The molecule has 0 fully saturated rings. The third-order valence-electron chi connectivity index (χ3n) is 5.90. The topological polar surface area (TPSA) is 76.0 Å². The molecule has 0 saturated heterocycles. The SMILES string of the molecule is Cc1ccc(-c2cc(-c3ccnc(-c4cc(C(=O)O)cc(-c5cc6ccccc6cn5)n4)c3)cs2)s1. The molecule has 0 aliphatic rings. The maximum Gasteiger partial charge on any atom is 0.335 e. The van der Waals surface area contributed by atoms with Crippen molar-refractivity contribution in [1.29, 1.82) is 0 Å². The second-order valence-electron chi connectivity index (χ2n) is 8.39. The van der Waals surface area contributed by atoms with E-state index in [1.54, 1.807) is 47.2 Å². The number of hydrogen-bond acceptors (Lipinski definition) is 6. The molecule has 5 aromatic heterocycles. The standard InChI is InChI=1S/C29H19N3O2S2/c1-17-6-7-27(36-17)28-14-22(16-35-28)19-8-9-30-23(11-19)25-12-21(29(33)34)13-26(32-25)24-10-18-4-2-3-5-20(18)15-31-24/h2-16H,1H3,(H,33,34). The van der Waals surface area contributed by atoms with Crippen molar-refractivity contribution in [3.8, 4) is 43.7 Å². The van der Waals surface area contributed by atoms with Crippen LogP contribution in [0.15, 0.2) is 90.6 Å². The van der Waals surface area contributed by atoms with Crippen molar-refractivity contribution < 1.29 is 9.90 Å². The van der Waals surface area contributed by atoms with Crippen LogP contribution in [0.5, 0.6) is 0 Å². The van der Waals surface area contributed by atoms with Crippen molar-refractivity contribution in [2.75, 3.05) is 0 Å². The Morgan fingerprint density at radius 1 is 0.778 bits per heavy atom. The summed E-state index contributed by atoms with van der Waals surface area (Å²) in [7, 11) is 0. The molecule has 6 aromatic rings. The second-order valence-corrected chi connectivity index (χ2v) is 10.6. The van der Waals surface area contributed by atoms with E-state index < -0.39 is 5.97 Å². The van der Waals surface area contributed by atoms with Crippen molar-refractivity contribution >= 4 is 39.4 Å². The minimum absolute atomic E-state index is 0.142. The molecule has 0 aliphatic carbocycles. The van der Waals surface area contributed by atoms with E-state index in [4.69, 9.17) is 4.98 Å². The number of thiophene rings is 2. The maximum atomic E-state index is 11.9. The quantitative estimate of drug-likeness (QED) is 0.258. The molecular weight excluding hydrogens is 486 g/mol. The Bertz CT molecular complexity index is 1750. The molecule has 0 amide bonds. The van der Waals surface area contributed by atoms with E-state index in [9.17, 15) is 9.90 Å². The normalized spacial score (nSPS) is 11.1. The number of hydrogen-bond donors (Lipinski definition) is 1. The Balaban J connectivity index is 1.41. The van der Waals surface area contributed by atoms with Crippen LogP contribution in [-0.4, -0.2) is 26.0 Å². The van der Waals surface area contributed by atoms with Crippen LogP contribution in [0.1, 0.15) is 15.2 Å². The van der Waals surface area contributed by atoms with Crippen molar-refractivity contribution in [1.82, 2.24) is 15.0 Å². The predicted molar refractivity (Wildman–Crippen MR) is 147 cm³/mol. The van der Waals surface area contributed by atoms with E-state index >= 15 is 0 Å². The number of aromatic carboxylic acids is 1. The summed E-state index contributed by atoms with van der Waals surface area (Å²) in [6, 6.07) is 23.3. The fraction of sp³-hybridized carbons (Fsp3) is 0.0345. The van der Waals surface area contributed by atoms with Gasteiger partial charge in [0.1, 0.15) is 0 Å². The summed E-state index contributed by atoms with van der Waals surface area (Å²) < 4.78 is 0. The first-order valence-electron chi connectivity index (χ1n) is 11.3. The van der Waals surface area contributed by atoms with Gasteiger partial charge in [-0.3, -0.25) is 9.97 Å². The molecule has 5 nitrogen and oxygen atoms in total. The average molecular weight is 506 g/mol. The smallest absolute Gasteiger partial charge is 0.335 e. The van der Waals surface area contributed by atoms with Crippen molar-refractivity contribution in [2.45, 2.75) is 6.92 Å². The first-order valence-corrected chi connectivity index (χ1v) is 13.0. The van der Waals surface area contributed by atoms with Gasteiger partial charge in [0.15, 0.2) is 0 Å². The van der Waals surface area contributed by atoms with Gasteiger partial charge in [-0.1, -0.05) is 24.3 Å². The van der Waals surface area contributed by atoms with E-state index in [1.807, 2.05) is 42.5 Å². The van der Waals surface area contributed by atoms with Gasteiger partial charge in [0.05, 0.1) is 28.3 Å². The maximum absolute atomic E-state index is 11.9. The molecule has 0 saturated carbocycles. The fourth-order valence-corrected chi connectivity index (χ4v) is 5.96. The lowest BCUT2D eigenvalue weighted by atomic mass is 10.1. The van der Waals surface area contributed by atoms with E-state index in [2.05, 4.69) is 40.5 Å². The van der Waals surface area contributed by atoms with Gasteiger partial charge in [-0.25, -0.2) is 9.78 Å². The zero-order valence-electron chi connectivity index (χ0n) is 19.2. The number of pyridine rings is 3. The van der Waals surface area contributed by atoms with Gasteiger partial charge in [-0.05, 0) is 77.3 Å². The van der Waals surface area contributed by atoms with Crippen LogP contribution in [0.3, 0.4) is 0 Å². The molecule has 0 radical (unpaired) electrons. The minimum Gasteiger partial charge on any atom is -0.478 e. The summed E-state index contributed by atoms with van der Waals surface area (Å²) in [5.41, 5.74) is 4.45. The Morgan fingerprint density at radius 2 is 1.56 bits per heavy atom. The number of aromatic nitrogens is 3. The predicted octanol–water partition coefficient (Wildman–Crippen LogP) is 7.82. The molecule has 1 N–H and O–H groups in total. The minimum atomic E-state index is -1.02. The first kappa shape index (κ1) is 22.3. The summed E-state index contributed by atoms with van der Waals surface area (Å²) in [5, 5.41) is 13.9. The van der Waals surface area contributed by atoms with Crippen LogP contribution < -0.4 is 0 Å². The van der Waals surface area contributed by atoms with Crippen LogP contribution >= 0.6 is 22.7 Å². The van der Waals surface area contributed by atoms with Crippen molar-refractivity contribution in [3.05, 3.63) is 101 Å². The highest BCUT2D eigenvalue weighted by molar-refractivity contribution is 7.21. The molecule has 0 aliphatic heterocycles. The van der Waals surface area contributed by atoms with Gasteiger partial charge >= 0.3 is 5.97 Å². The van der Waals surface area contributed by atoms with E-state index in [-0.39, 0.29) is 5.56 Å². The number of nitrogens with zero attached hydrogens (tertiary/aromatic N) is 3. The van der Waals surface area contributed by atoms with Crippen LogP contribution in [0, 0.1) is 6.92 Å². The monoisotopic (exact) mass is 505 g/mol. The zero-order chi connectivity index (χ0) is 24.6. The zero-order valence-corrected chi connectivity index (χ0v) is 20.8. The number of rotatable bonds is 5. The molecule has 174 valence electrons. The Morgan fingerprint density at radius 3 is 2.31 bits per heavy atom. The molecule has 0 bridgehead atoms. The highest BCUT2D eigenvalue weighted by atomic mass is 32.1. The van der Waals surface area contributed by atoms with Gasteiger partial charge in [-0.2, -0.15) is 0 Å². The van der Waals surface area contributed by atoms with Gasteiger partial charge in [0.2, 0.25) is 0 Å². The van der Waals surface area contributed by atoms with Crippen molar-refractivity contribution in [2.24, 2.45) is 0 Å². The van der Waals surface area contributed by atoms with Gasteiger partial charge in [-0.15, -0.1) is 22.7 Å². The summed E-state index contributed by atoms with van der Waals surface area (Å²) in [5.74, 6) is -1.02. The highest BCUT2D eigenvalue weighted by Crippen LogP contribution is 2.37. The lowest BCUT2D eigenvalue weighted by Crippen LogP contribution is -2.01. The van der Waals surface area contributed by atoms with Crippen LogP contribution in [0.2, 0.25) is 0 Å².